The largest absolute Gasteiger partial charge is 0.370 e. The van der Waals surface area contributed by atoms with E-state index in [9.17, 15) is 4.79 Å². The fourth-order valence-electron chi connectivity index (χ4n) is 1.59. The molecule has 15 heavy (non-hydrogen) atoms. The van der Waals surface area contributed by atoms with Gasteiger partial charge in [-0.25, -0.2) is 4.68 Å². The van der Waals surface area contributed by atoms with Gasteiger partial charge in [0.1, 0.15) is 5.82 Å². The Balaban J connectivity index is 2.77. The highest BCUT2D eigenvalue weighted by Gasteiger charge is 2.04. The Labute approximate surface area is 87.3 Å². The van der Waals surface area contributed by atoms with Gasteiger partial charge in [-0.2, -0.15) is 0 Å². The van der Waals surface area contributed by atoms with E-state index in [1.54, 1.807) is 6.07 Å². The van der Waals surface area contributed by atoms with Crippen LogP contribution in [0.2, 0.25) is 0 Å². The molecule has 0 atom stereocenters. The molecule has 1 aromatic heterocycles. The first-order valence-corrected chi connectivity index (χ1v) is 4.87. The number of nitrogens with one attached hydrogen (secondary N) is 1. The van der Waals surface area contributed by atoms with Gasteiger partial charge in [0, 0.05) is 11.9 Å². The molecule has 0 saturated carbocycles. The molecule has 2 aromatic rings. The van der Waals surface area contributed by atoms with Gasteiger partial charge in [0.05, 0.1) is 0 Å². The molecule has 0 fully saturated rings. The van der Waals surface area contributed by atoms with Crippen LogP contribution < -0.4 is 16.7 Å². The molecule has 0 aliphatic heterocycles. The van der Waals surface area contributed by atoms with Gasteiger partial charge in [0.15, 0.2) is 0 Å². The van der Waals surface area contributed by atoms with Crippen molar-refractivity contribution in [3.63, 3.8) is 0 Å². The van der Waals surface area contributed by atoms with E-state index in [4.69, 9.17) is 5.84 Å². The van der Waals surface area contributed by atoms with Crippen molar-refractivity contribution >= 4 is 16.6 Å². The predicted molar refractivity (Wildman–Crippen MR) is 62.5 cm³/mol. The zero-order chi connectivity index (χ0) is 10.8. The van der Waals surface area contributed by atoms with Gasteiger partial charge in [-0.15, -0.1) is 0 Å². The lowest BCUT2D eigenvalue weighted by Crippen LogP contribution is -2.29. The number of aromatic nitrogens is 1. The van der Waals surface area contributed by atoms with E-state index in [2.05, 4.69) is 5.32 Å². The van der Waals surface area contributed by atoms with Gasteiger partial charge >= 0.3 is 0 Å². The molecule has 4 heteroatoms. The highest BCUT2D eigenvalue weighted by atomic mass is 16.1. The van der Waals surface area contributed by atoms with Gasteiger partial charge in [-0.05, 0) is 24.4 Å². The normalized spacial score (nSPS) is 10.5. The molecule has 0 radical (unpaired) electrons. The number of nitrogens with zero attached hydrogens (tertiary/aromatic N) is 1. The summed E-state index contributed by atoms with van der Waals surface area (Å²) in [5, 5.41) is 4.59. The van der Waals surface area contributed by atoms with Gasteiger partial charge in [-0.3, -0.25) is 4.79 Å². The SMILES string of the molecule is CCNc1cc2ccccc2c(=O)n1N. The van der Waals surface area contributed by atoms with Gasteiger partial charge in [0.2, 0.25) is 0 Å². The lowest BCUT2D eigenvalue weighted by molar-refractivity contribution is 0.943. The minimum absolute atomic E-state index is 0.177. The van der Waals surface area contributed by atoms with Crippen LogP contribution in [0.4, 0.5) is 5.82 Å². The molecular formula is C11H13N3O. The standard InChI is InChI=1S/C11H13N3O/c1-2-13-10-7-8-5-3-4-6-9(8)11(15)14(10)12/h3-7,13H,2,12H2,1H3. The maximum atomic E-state index is 11.8. The van der Waals surface area contributed by atoms with E-state index in [1.807, 2.05) is 31.2 Å². The topological polar surface area (TPSA) is 60.0 Å². The number of rotatable bonds is 2. The van der Waals surface area contributed by atoms with Crippen LogP contribution in [0.5, 0.6) is 0 Å². The number of pyridine rings is 1. The van der Waals surface area contributed by atoms with Crippen LogP contribution in [0.15, 0.2) is 35.1 Å². The Morgan fingerprint density at radius 1 is 1.40 bits per heavy atom. The van der Waals surface area contributed by atoms with Crippen molar-refractivity contribution in [2.24, 2.45) is 0 Å². The van der Waals surface area contributed by atoms with Crippen molar-refractivity contribution in [2.75, 3.05) is 17.7 Å². The van der Waals surface area contributed by atoms with Crippen molar-refractivity contribution in [1.82, 2.24) is 4.68 Å². The number of benzene rings is 1. The highest BCUT2D eigenvalue weighted by Crippen LogP contribution is 2.13. The van der Waals surface area contributed by atoms with Crippen LogP contribution in [-0.4, -0.2) is 11.2 Å². The molecule has 1 aromatic carbocycles. The number of nitrogen functional groups attached to an aromatic ring is 1. The number of nitrogens with two attached hydrogens (primary N) is 1. The summed E-state index contributed by atoms with van der Waals surface area (Å²) >= 11 is 0. The summed E-state index contributed by atoms with van der Waals surface area (Å²) in [6, 6.07) is 9.28. The number of hydrogen-bond donors (Lipinski definition) is 2. The quantitative estimate of drug-likeness (QED) is 0.720. The summed E-state index contributed by atoms with van der Waals surface area (Å²) in [5.74, 6) is 6.32. The summed E-state index contributed by atoms with van der Waals surface area (Å²) in [7, 11) is 0. The molecule has 0 aliphatic rings. The molecule has 4 nitrogen and oxygen atoms in total. The van der Waals surface area contributed by atoms with Crippen molar-refractivity contribution in [1.29, 1.82) is 0 Å². The minimum atomic E-state index is -0.177. The molecule has 78 valence electrons. The molecular weight excluding hydrogens is 190 g/mol. The van der Waals surface area contributed by atoms with Crippen LogP contribution in [0.1, 0.15) is 6.92 Å². The third kappa shape index (κ3) is 1.54. The van der Waals surface area contributed by atoms with E-state index in [0.29, 0.717) is 11.2 Å². The maximum absolute atomic E-state index is 11.8. The Morgan fingerprint density at radius 2 is 2.13 bits per heavy atom. The van der Waals surface area contributed by atoms with E-state index in [-0.39, 0.29) is 5.56 Å². The minimum Gasteiger partial charge on any atom is -0.370 e. The zero-order valence-corrected chi connectivity index (χ0v) is 8.53. The summed E-state index contributed by atoms with van der Waals surface area (Å²) in [6.45, 7) is 2.69. The Kier molecular flexibility index (Phi) is 2.33. The molecule has 0 aliphatic carbocycles. The maximum Gasteiger partial charge on any atom is 0.278 e. The molecule has 0 amide bonds. The highest BCUT2D eigenvalue weighted by molar-refractivity contribution is 5.83. The third-order valence-corrected chi connectivity index (χ3v) is 2.32. The number of anilines is 1. The first-order chi connectivity index (χ1) is 7.24. The average Bonchev–Trinajstić information content (AvgIpc) is 2.26. The fourth-order valence-corrected chi connectivity index (χ4v) is 1.59. The molecule has 1 heterocycles. The second-order valence-corrected chi connectivity index (χ2v) is 3.32. The molecule has 2 rings (SSSR count). The van der Waals surface area contributed by atoms with Crippen LogP contribution in [0.3, 0.4) is 0 Å². The zero-order valence-electron chi connectivity index (χ0n) is 8.53. The van der Waals surface area contributed by atoms with E-state index in [0.717, 1.165) is 16.6 Å². The van der Waals surface area contributed by atoms with E-state index < -0.39 is 0 Å². The molecule has 3 N–H and O–H groups in total. The second kappa shape index (κ2) is 3.65. The summed E-state index contributed by atoms with van der Waals surface area (Å²) in [5.41, 5.74) is -0.177. The van der Waals surface area contributed by atoms with Gasteiger partial charge in [-0.1, -0.05) is 18.2 Å². The van der Waals surface area contributed by atoms with Gasteiger partial charge in [0.25, 0.3) is 5.56 Å². The smallest absolute Gasteiger partial charge is 0.278 e. The monoisotopic (exact) mass is 203 g/mol. The second-order valence-electron chi connectivity index (χ2n) is 3.32. The average molecular weight is 203 g/mol. The number of hydrogen-bond acceptors (Lipinski definition) is 3. The van der Waals surface area contributed by atoms with Gasteiger partial charge < -0.3 is 11.2 Å². The summed E-state index contributed by atoms with van der Waals surface area (Å²) < 4.78 is 1.14. The molecule has 0 spiro atoms. The Hall–Kier alpha value is -1.97. The lowest BCUT2D eigenvalue weighted by Gasteiger charge is -2.10. The molecule has 0 bridgehead atoms. The van der Waals surface area contributed by atoms with Crippen LogP contribution in [-0.2, 0) is 0 Å². The van der Waals surface area contributed by atoms with Crippen molar-refractivity contribution in [3.05, 3.63) is 40.7 Å². The first kappa shape index (κ1) is 9.58. The van der Waals surface area contributed by atoms with E-state index in [1.165, 1.54) is 0 Å². The lowest BCUT2D eigenvalue weighted by atomic mass is 10.2. The van der Waals surface area contributed by atoms with Crippen LogP contribution >= 0.6 is 0 Å². The third-order valence-electron chi connectivity index (χ3n) is 2.32. The van der Waals surface area contributed by atoms with Crippen molar-refractivity contribution in [3.8, 4) is 0 Å². The number of fused-ring (bicyclic) bond motifs is 1. The molecule has 0 unspecified atom stereocenters. The predicted octanol–water partition coefficient (Wildman–Crippen LogP) is 1.15. The molecule has 0 saturated heterocycles. The Bertz CT molecular complexity index is 545. The van der Waals surface area contributed by atoms with Crippen LogP contribution in [0, 0.1) is 0 Å². The first-order valence-electron chi connectivity index (χ1n) is 4.87. The summed E-state index contributed by atoms with van der Waals surface area (Å²) in [4.78, 5) is 11.8. The summed E-state index contributed by atoms with van der Waals surface area (Å²) in [6.07, 6.45) is 0. The van der Waals surface area contributed by atoms with E-state index >= 15 is 0 Å². The van der Waals surface area contributed by atoms with Crippen LogP contribution in [0.25, 0.3) is 10.8 Å². The fraction of sp³-hybridized carbons (Fsp3) is 0.182. The van der Waals surface area contributed by atoms with Crippen molar-refractivity contribution in [2.45, 2.75) is 6.92 Å². The Morgan fingerprint density at radius 3 is 2.87 bits per heavy atom. The van der Waals surface area contributed by atoms with Crippen molar-refractivity contribution < 1.29 is 0 Å².